The summed E-state index contributed by atoms with van der Waals surface area (Å²) in [5.74, 6) is 0. The van der Waals surface area contributed by atoms with E-state index in [4.69, 9.17) is 0 Å². The van der Waals surface area contributed by atoms with Crippen LogP contribution in [0, 0.1) is 5.63 Å². The minimum atomic E-state index is -3.04. The largest absolute Gasteiger partial charge is 0.310 e. The summed E-state index contributed by atoms with van der Waals surface area (Å²) in [5.41, 5.74) is -1.67. The van der Waals surface area contributed by atoms with E-state index in [1.54, 1.807) is 0 Å². The number of hydrogen-bond acceptors (Lipinski definition) is 0. The van der Waals surface area contributed by atoms with Crippen LogP contribution in [0.5, 0.6) is 0 Å². The summed E-state index contributed by atoms with van der Waals surface area (Å²) in [7, 11) is 0. The Morgan fingerprint density at radius 2 is 1.57 bits per heavy atom. The van der Waals surface area contributed by atoms with Crippen LogP contribution in [0.3, 0.4) is 0 Å². The second-order valence-corrected chi connectivity index (χ2v) is 2.33. The molecular formula is C2Cl3F2. The van der Waals surface area contributed by atoms with Gasteiger partial charge in [-0.25, -0.2) is 8.78 Å². The van der Waals surface area contributed by atoms with Crippen molar-refractivity contribution in [1.82, 2.24) is 0 Å². The monoisotopic (exact) mass is 167 g/mol. The average molecular weight is 168 g/mol. The summed E-state index contributed by atoms with van der Waals surface area (Å²) < 4.78 is 19.7. The summed E-state index contributed by atoms with van der Waals surface area (Å²) in [5, 5.41) is 0. The highest BCUT2D eigenvalue weighted by Gasteiger charge is 2.35. The van der Waals surface area contributed by atoms with Gasteiger partial charge in [0.2, 0.25) is 0 Å². The van der Waals surface area contributed by atoms with Crippen molar-refractivity contribution in [3.8, 4) is 0 Å². The van der Waals surface area contributed by atoms with Crippen molar-refractivity contribution in [3.05, 3.63) is 5.63 Å². The lowest BCUT2D eigenvalue weighted by Gasteiger charge is -2.03. The molecule has 0 aromatic rings. The first-order chi connectivity index (χ1) is 2.94. The van der Waals surface area contributed by atoms with Gasteiger partial charge in [-0.15, -0.1) is 0 Å². The standard InChI is InChI=1S/C2Cl3F2/c3-1(6)2(4,5)7. The first-order valence-corrected chi connectivity index (χ1v) is 2.33. The fraction of sp³-hybridized carbons (Fsp3) is 0.500. The SMILES string of the molecule is F[C](Cl)C(F)(Cl)Cl. The molecule has 0 unspecified atom stereocenters. The summed E-state index contributed by atoms with van der Waals surface area (Å²) in [4.78, 5) is 0. The molecule has 0 amide bonds. The molecule has 0 N–H and O–H groups in total. The van der Waals surface area contributed by atoms with Crippen molar-refractivity contribution >= 4 is 34.8 Å². The van der Waals surface area contributed by atoms with Crippen LogP contribution in [-0.4, -0.2) is 4.59 Å². The van der Waals surface area contributed by atoms with Gasteiger partial charge in [0, 0.05) is 0 Å². The van der Waals surface area contributed by atoms with Crippen molar-refractivity contribution in [3.63, 3.8) is 0 Å². The Bertz CT molecular complexity index is 56.4. The van der Waals surface area contributed by atoms with Crippen LogP contribution in [0.1, 0.15) is 0 Å². The van der Waals surface area contributed by atoms with Crippen LogP contribution < -0.4 is 0 Å². The molecule has 7 heavy (non-hydrogen) atoms. The van der Waals surface area contributed by atoms with E-state index in [-0.39, 0.29) is 0 Å². The first kappa shape index (κ1) is 7.73. The summed E-state index contributed by atoms with van der Waals surface area (Å²) in [6.45, 7) is 0. The predicted molar refractivity (Wildman–Crippen MR) is 25.7 cm³/mol. The van der Waals surface area contributed by atoms with Crippen molar-refractivity contribution in [2.75, 3.05) is 0 Å². The number of hydrogen-bond donors (Lipinski definition) is 0. The highest BCUT2D eigenvalue weighted by Crippen LogP contribution is 2.37. The molecule has 0 aliphatic heterocycles. The van der Waals surface area contributed by atoms with Crippen molar-refractivity contribution < 1.29 is 8.78 Å². The molecule has 0 nitrogen and oxygen atoms in total. The molecule has 0 saturated heterocycles. The summed E-state index contributed by atoms with van der Waals surface area (Å²) in [6, 6.07) is 0. The van der Waals surface area contributed by atoms with Gasteiger partial charge in [-0.05, 0) is 0 Å². The molecule has 0 aliphatic carbocycles. The van der Waals surface area contributed by atoms with Gasteiger partial charge in [0.05, 0.1) is 0 Å². The topological polar surface area (TPSA) is 0 Å². The van der Waals surface area contributed by atoms with Gasteiger partial charge in [-0.3, -0.25) is 0 Å². The number of halogens is 5. The van der Waals surface area contributed by atoms with Crippen LogP contribution in [0.4, 0.5) is 8.78 Å². The minimum absolute atomic E-state index is 1.67. The Morgan fingerprint density at radius 3 is 1.57 bits per heavy atom. The maximum Gasteiger partial charge on any atom is 0.310 e. The first-order valence-electron chi connectivity index (χ1n) is 1.19. The molecule has 0 rings (SSSR count). The average Bonchev–Trinajstić information content (AvgIpc) is 1.31. The van der Waals surface area contributed by atoms with Crippen molar-refractivity contribution in [2.45, 2.75) is 4.59 Å². The normalized spacial score (nSPS) is 12.9. The van der Waals surface area contributed by atoms with Crippen LogP contribution in [0.15, 0.2) is 0 Å². The van der Waals surface area contributed by atoms with Gasteiger partial charge in [-0.1, -0.05) is 34.8 Å². The third kappa shape index (κ3) is 3.32. The molecule has 5 heteroatoms. The molecule has 0 atom stereocenters. The fourth-order valence-corrected chi connectivity index (χ4v) is 0. The van der Waals surface area contributed by atoms with Gasteiger partial charge in [-0.2, -0.15) is 0 Å². The molecule has 1 radical (unpaired) electrons. The second-order valence-electron chi connectivity index (χ2n) is 0.758. The zero-order valence-electron chi connectivity index (χ0n) is 2.89. The molecule has 0 bridgehead atoms. The Hall–Kier alpha value is 0.730. The van der Waals surface area contributed by atoms with Gasteiger partial charge in [0.1, 0.15) is 0 Å². The molecule has 0 spiro atoms. The zero-order chi connectivity index (χ0) is 6.08. The maximum atomic E-state index is 11.5. The van der Waals surface area contributed by atoms with Crippen molar-refractivity contribution in [1.29, 1.82) is 0 Å². The molecule has 0 fully saturated rings. The fourth-order valence-electron chi connectivity index (χ4n) is 0. The molecule has 43 valence electrons. The third-order valence-electron chi connectivity index (χ3n) is 0.214. The highest BCUT2D eigenvalue weighted by molar-refractivity contribution is 6.53. The van der Waals surface area contributed by atoms with Crippen LogP contribution in [0.25, 0.3) is 0 Å². The summed E-state index contributed by atoms with van der Waals surface area (Å²) >= 11 is 13.2. The van der Waals surface area contributed by atoms with E-state index < -0.39 is 10.2 Å². The van der Waals surface area contributed by atoms with Gasteiger partial charge >= 0.3 is 4.59 Å². The third-order valence-corrected chi connectivity index (χ3v) is 1.00. The lowest BCUT2D eigenvalue weighted by atomic mass is 10.8. The summed E-state index contributed by atoms with van der Waals surface area (Å²) in [6.07, 6.45) is 0. The van der Waals surface area contributed by atoms with Crippen LogP contribution in [-0.2, 0) is 0 Å². The Kier molecular flexibility index (Phi) is 2.58. The highest BCUT2D eigenvalue weighted by atomic mass is 35.5. The molecule has 0 saturated carbocycles. The minimum Gasteiger partial charge on any atom is -0.214 e. The smallest absolute Gasteiger partial charge is 0.214 e. The van der Waals surface area contributed by atoms with Crippen LogP contribution >= 0.6 is 34.8 Å². The van der Waals surface area contributed by atoms with Gasteiger partial charge < -0.3 is 0 Å². The molecule has 0 aromatic heterocycles. The van der Waals surface area contributed by atoms with E-state index >= 15 is 0 Å². The number of rotatable bonds is 1. The zero-order valence-corrected chi connectivity index (χ0v) is 5.16. The maximum absolute atomic E-state index is 11.5. The number of alkyl halides is 3. The van der Waals surface area contributed by atoms with Gasteiger partial charge in [0.15, 0.2) is 0 Å². The Balaban J connectivity index is 3.54. The molecule has 0 aliphatic rings. The van der Waals surface area contributed by atoms with E-state index in [0.717, 1.165) is 0 Å². The molecule has 0 heterocycles. The molecular weight excluding hydrogens is 168 g/mol. The second kappa shape index (κ2) is 2.33. The van der Waals surface area contributed by atoms with Gasteiger partial charge in [0.25, 0.3) is 5.63 Å². The quantitative estimate of drug-likeness (QED) is 0.528. The lowest BCUT2D eigenvalue weighted by Crippen LogP contribution is -2.06. The van der Waals surface area contributed by atoms with E-state index in [9.17, 15) is 8.78 Å². The van der Waals surface area contributed by atoms with E-state index in [2.05, 4.69) is 34.8 Å². The van der Waals surface area contributed by atoms with Crippen molar-refractivity contribution in [2.24, 2.45) is 0 Å². The Morgan fingerprint density at radius 1 is 1.43 bits per heavy atom. The lowest BCUT2D eigenvalue weighted by molar-refractivity contribution is 0.346. The van der Waals surface area contributed by atoms with E-state index in [1.165, 1.54) is 0 Å². The Labute approximate surface area is 54.3 Å². The van der Waals surface area contributed by atoms with E-state index in [1.807, 2.05) is 0 Å². The predicted octanol–water partition coefficient (Wildman–Crippen LogP) is 2.79. The molecule has 0 aromatic carbocycles. The van der Waals surface area contributed by atoms with E-state index in [0.29, 0.717) is 0 Å². The van der Waals surface area contributed by atoms with Crippen LogP contribution in [0.2, 0.25) is 0 Å².